The summed E-state index contributed by atoms with van der Waals surface area (Å²) in [5.74, 6) is 0.193. The molecule has 0 bridgehead atoms. The molecule has 0 atom stereocenters. The van der Waals surface area contributed by atoms with Crippen LogP contribution in [0.25, 0.3) is 0 Å². The van der Waals surface area contributed by atoms with Gasteiger partial charge in [-0.05, 0) is 30.8 Å². The van der Waals surface area contributed by atoms with Crippen molar-refractivity contribution in [2.24, 2.45) is 0 Å². The number of anilines is 1. The van der Waals surface area contributed by atoms with Crippen LogP contribution in [-0.2, 0) is 9.53 Å². The third-order valence-corrected chi connectivity index (χ3v) is 10.1. The number of nitrogens with zero attached hydrogens (tertiary/aromatic N) is 1. The Labute approximate surface area is 186 Å². The van der Waals surface area contributed by atoms with Crippen molar-refractivity contribution >= 4 is 31.4 Å². The van der Waals surface area contributed by atoms with Crippen molar-refractivity contribution in [1.29, 1.82) is 0 Å². The van der Waals surface area contributed by atoms with Crippen molar-refractivity contribution in [2.45, 2.75) is 84.4 Å². The summed E-state index contributed by atoms with van der Waals surface area (Å²) in [7, 11) is -2.10. The van der Waals surface area contributed by atoms with E-state index in [9.17, 15) is 9.59 Å². The molecule has 0 saturated carbocycles. The monoisotopic (exact) mass is 455 g/mol. The summed E-state index contributed by atoms with van der Waals surface area (Å²) in [5.41, 5.74) is -0.573. The minimum Gasteiger partial charge on any atom is -0.497 e. The number of rotatable bonds is 6. The molecule has 1 heterocycles. The summed E-state index contributed by atoms with van der Waals surface area (Å²) in [6.07, 6.45) is 1.52. The van der Waals surface area contributed by atoms with E-state index in [0.29, 0.717) is 10.9 Å². The maximum atomic E-state index is 16.6. The van der Waals surface area contributed by atoms with Gasteiger partial charge in [-0.2, -0.15) is 0 Å². The molecule has 0 saturated heterocycles. The molecule has 2 N–H and O–H groups in total. The van der Waals surface area contributed by atoms with Crippen LogP contribution in [0.2, 0.25) is 10.1 Å². The summed E-state index contributed by atoms with van der Waals surface area (Å²) in [6, 6.07) is 1.00. The fraction of sp³-hybridized carbons (Fsp3) is 0.682. The fourth-order valence-corrected chi connectivity index (χ4v) is 8.32. The Hall–Kier alpha value is -2.16. The summed E-state index contributed by atoms with van der Waals surface area (Å²) < 4.78 is 27.3. The van der Waals surface area contributed by atoms with Crippen LogP contribution in [0.5, 0.6) is 5.75 Å². The summed E-state index contributed by atoms with van der Waals surface area (Å²) in [6.45, 7) is 16.8. The van der Waals surface area contributed by atoms with Crippen molar-refractivity contribution in [3.05, 3.63) is 12.3 Å². The quantitative estimate of drug-likeness (QED) is 0.370. The molecule has 0 aromatic carbocycles. The van der Waals surface area contributed by atoms with Crippen LogP contribution in [-0.4, -0.2) is 44.6 Å². The molecule has 31 heavy (non-hydrogen) atoms. The number of nitrogens with one attached hydrogen (secondary N) is 2. The average Bonchev–Trinajstić information content (AvgIpc) is 2.57. The van der Waals surface area contributed by atoms with Crippen LogP contribution in [0.4, 0.5) is 14.7 Å². The normalized spacial score (nSPS) is 12.9. The van der Waals surface area contributed by atoms with E-state index in [1.165, 1.54) is 19.4 Å². The first-order valence-corrected chi connectivity index (χ1v) is 12.3. The third-order valence-electron chi connectivity index (χ3n) is 4.80. The molecule has 1 rings (SSSR count). The Kier molecular flexibility index (Phi) is 8.27. The Morgan fingerprint density at radius 1 is 1.06 bits per heavy atom. The number of hydrogen-bond acceptors (Lipinski definition) is 5. The average molecular weight is 456 g/mol. The number of carbonyl (C=O) groups excluding carboxylic acids is 2. The Morgan fingerprint density at radius 2 is 1.61 bits per heavy atom. The lowest BCUT2D eigenvalue weighted by Crippen LogP contribution is -2.58. The van der Waals surface area contributed by atoms with Crippen molar-refractivity contribution in [2.75, 3.05) is 19.0 Å². The van der Waals surface area contributed by atoms with Gasteiger partial charge in [0.2, 0.25) is 0 Å². The van der Waals surface area contributed by atoms with Gasteiger partial charge in [-0.15, -0.1) is 0 Å². The maximum absolute atomic E-state index is 16.6. The van der Waals surface area contributed by atoms with Crippen LogP contribution < -0.4 is 20.6 Å². The van der Waals surface area contributed by atoms with Gasteiger partial charge in [0.05, 0.1) is 13.5 Å². The number of pyridine rings is 1. The topological polar surface area (TPSA) is 89.6 Å². The molecule has 0 aliphatic rings. The Bertz CT molecular complexity index is 781. The zero-order valence-electron chi connectivity index (χ0n) is 20.5. The van der Waals surface area contributed by atoms with Crippen LogP contribution >= 0.6 is 0 Å². The Balaban J connectivity index is 2.95. The first-order valence-electron chi connectivity index (χ1n) is 10.4. The molecule has 7 nitrogen and oxygen atoms in total. The molecule has 176 valence electrons. The maximum Gasteiger partial charge on any atom is 0.320 e. The van der Waals surface area contributed by atoms with E-state index < -0.39 is 36.1 Å². The van der Waals surface area contributed by atoms with Gasteiger partial charge in [0.15, 0.2) is 0 Å². The molecule has 0 radical (unpaired) electrons. The molecule has 0 unspecified atom stereocenters. The highest BCUT2D eigenvalue weighted by Crippen LogP contribution is 2.52. The first-order chi connectivity index (χ1) is 13.9. The molecule has 0 fully saturated rings. The summed E-state index contributed by atoms with van der Waals surface area (Å²) in [5, 5.41) is 4.46. The van der Waals surface area contributed by atoms with E-state index in [1.807, 2.05) is 41.5 Å². The summed E-state index contributed by atoms with van der Waals surface area (Å²) in [4.78, 5) is 28.1. The van der Waals surface area contributed by atoms with Crippen LogP contribution in [0, 0.1) is 0 Å². The lowest BCUT2D eigenvalue weighted by molar-refractivity contribution is -0.154. The molecule has 1 aromatic heterocycles. The molecule has 9 heteroatoms. The molecular formula is C22H38FN3O4Si. The summed E-state index contributed by atoms with van der Waals surface area (Å²) >= 11 is 0. The standard InChI is InChI=1S/C22H38FN3O4Si/c1-20(2,3)30-18(27)11-12-24-19(28)26-17-13-15(29-10)16(14-25-17)31(23,21(4,5)6)22(7,8)9/h13-14H,11-12H2,1-10H3,(H2,24,25,26,28). The third kappa shape index (κ3) is 6.92. The number of urea groups is 1. The second-order valence-corrected chi connectivity index (χ2v) is 15.5. The number of hydrogen-bond donors (Lipinski definition) is 2. The van der Waals surface area contributed by atoms with Gasteiger partial charge in [0, 0.05) is 24.0 Å². The SMILES string of the molecule is COc1cc(NC(=O)NCCC(=O)OC(C)(C)C)ncc1[Si](F)(C(C)(C)C)C(C)(C)C. The highest BCUT2D eigenvalue weighted by atomic mass is 28.4. The van der Waals surface area contributed by atoms with Gasteiger partial charge >= 0.3 is 12.0 Å². The second kappa shape index (κ2) is 9.54. The number of halogens is 1. The number of amides is 2. The first kappa shape index (κ1) is 26.9. The van der Waals surface area contributed by atoms with Crippen LogP contribution in [0.1, 0.15) is 68.7 Å². The lowest BCUT2D eigenvalue weighted by Gasteiger charge is -2.45. The zero-order valence-corrected chi connectivity index (χ0v) is 21.5. The minimum absolute atomic E-state index is 0.0491. The van der Waals surface area contributed by atoms with Gasteiger partial charge in [-0.3, -0.25) is 10.1 Å². The van der Waals surface area contributed by atoms with Crippen LogP contribution in [0.15, 0.2) is 12.3 Å². The largest absolute Gasteiger partial charge is 0.497 e. The lowest BCUT2D eigenvalue weighted by atomic mass is 10.2. The van der Waals surface area contributed by atoms with Gasteiger partial charge < -0.3 is 18.9 Å². The highest BCUT2D eigenvalue weighted by Gasteiger charge is 2.58. The zero-order chi connectivity index (χ0) is 24.3. The smallest absolute Gasteiger partial charge is 0.320 e. The van der Waals surface area contributed by atoms with Crippen molar-refractivity contribution in [1.82, 2.24) is 10.3 Å². The van der Waals surface area contributed by atoms with E-state index in [1.54, 1.807) is 20.8 Å². The second-order valence-electron chi connectivity index (χ2n) is 10.6. The van der Waals surface area contributed by atoms with Crippen molar-refractivity contribution in [3.63, 3.8) is 0 Å². The van der Waals surface area contributed by atoms with Gasteiger partial charge in [0.1, 0.15) is 17.2 Å². The van der Waals surface area contributed by atoms with E-state index in [-0.39, 0.29) is 18.8 Å². The van der Waals surface area contributed by atoms with Gasteiger partial charge in [-0.25, -0.2) is 9.78 Å². The van der Waals surface area contributed by atoms with Crippen molar-refractivity contribution in [3.8, 4) is 5.75 Å². The highest BCUT2D eigenvalue weighted by molar-refractivity contribution is 6.91. The van der Waals surface area contributed by atoms with E-state index >= 15 is 4.11 Å². The number of ether oxygens (including phenoxy) is 2. The van der Waals surface area contributed by atoms with E-state index in [2.05, 4.69) is 15.6 Å². The molecule has 0 aliphatic heterocycles. The van der Waals surface area contributed by atoms with E-state index in [0.717, 1.165) is 0 Å². The number of esters is 1. The van der Waals surface area contributed by atoms with E-state index in [4.69, 9.17) is 9.47 Å². The molecule has 0 spiro atoms. The number of aromatic nitrogens is 1. The Morgan fingerprint density at radius 3 is 2.06 bits per heavy atom. The van der Waals surface area contributed by atoms with Crippen LogP contribution in [0.3, 0.4) is 0 Å². The number of methoxy groups -OCH3 is 1. The van der Waals surface area contributed by atoms with Gasteiger partial charge in [-0.1, -0.05) is 41.5 Å². The minimum atomic E-state index is -3.58. The molecular weight excluding hydrogens is 417 g/mol. The molecule has 1 aromatic rings. The molecule has 0 aliphatic carbocycles. The fourth-order valence-electron chi connectivity index (χ4n) is 3.70. The predicted octanol–water partition coefficient (Wildman–Crippen LogP) is 4.67. The van der Waals surface area contributed by atoms with Gasteiger partial charge in [0.25, 0.3) is 8.41 Å². The number of carbonyl (C=O) groups is 2. The molecule has 2 amide bonds. The predicted molar refractivity (Wildman–Crippen MR) is 124 cm³/mol. The van der Waals surface area contributed by atoms with Crippen molar-refractivity contribution < 1.29 is 23.2 Å².